The second kappa shape index (κ2) is 8.81. The van der Waals surface area contributed by atoms with Gasteiger partial charge in [-0.1, -0.05) is 31.2 Å². The molecule has 0 aliphatic heterocycles. The third-order valence-electron chi connectivity index (χ3n) is 4.21. The van der Waals surface area contributed by atoms with Gasteiger partial charge in [-0.05, 0) is 23.6 Å². The number of rotatable bonds is 6. The van der Waals surface area contributed by atoms with Crippen molar-refractivity contribution in [1.82, 2.24) is 9.47 Å². The van der Waals surface area contributed by atoms with E-state index in [1.54, 1.807) is 13.1 Å². The summed E-state index contributed by atoms with van der Waals surface area (Å²) < 4.78 is 5.68. The first-order valence-corrected chi connectivity index (χ1v) is 8.44. The fourth-order valence-corrected chi connectivity index (χ4v) is 2.57. The molecule has 0 spiro atoms. The second-order valence-corrected chi connectivity index (χ2v) is 6.10. The Balaban J connectivity index is 2.19. The highest BCUT2D eigenvalue weighted by atomic mass is 16.5. The molecular weight excluding hydrogens is 346 g/mol. The maximum atomic E-state index is 12.5. The zero-order valence-corrected chi connectivity index (χ0v) is 15.6. The minimum atomic E-state index is -0.683. The highest BCUT2D eigenvalue weighted by molar-refractivity contribution is 5.89. The lowest BCUT2D eigenvalue weighted by Gasteiger charge is -2.18. The Kier molecular flexibility index (Phi) is 6.50. The largest absolute Gasteiger partial charge is 0.465 e. The molecule has 7 heteroatoms. The molecule has 0 radical (unpaired) electrons. The molecule has 0 bridgehead atoms. The number of hydrogen-bond acceptors (Lipinski definition) is 5. The van der Waals surface area contributed by atoms with Crippen molar-refractivity contribution in [2.45, 2.75) is 26.4 Å². The molecule has 140 valence electrons. The van der Waals surface area contributed by atoms with Gasteiger partial charge in [0.25, 0.3) is 5.56 Å². The molecule has 1 aromatic carbocycles. The Morgan fingerprint density at radius 1 is 1.22 bits per heavy atom. The highest BCUT2D eigenvalue weighted by Crippen LogP contribution is 2.08. The Morgan fingerprint density at radius 2 is 1.85 bits per heavy atom. The van der Waals surface area contributed by atoms with Gasteiger partial charge >= 0.3 is 5.97 Å². The number of carbonyl (C=O) groups is 2. The first-order chi connectivity index (χ1) is 12.9. The molecule has 0 aliphatic carbocycles. The lowest BCUT2D eigenvalue weighted by Crippen LogP contribution is -2.34. The molecule has 0 fully saturated rings. The maximum absolute atomic E-state index is 12.5. The van der Waals surface area contributed by atoms with Crippen LogP contribution in [0.4, 0.5) is 0 Å². The number of methoxy groups -OCH3 is 1. The Hall–Kier alpha value is -3.40. The van der Waals surface area contributed by atoms with Gasteiger partial charge in [0.1, 0.15) is 18.2 Å². The zero-order chi connectivity index (χ0) is 20.0. The predicted octanol–water partition coefficient (Wildman–Crippen LogP) is 1.73. The van der Waals surface area contributed by atoms with E-state index in [4.69, 9.17) is 5.26 Å². The summed E-state index contributed by atoms with van der Waals surface area (Å²) in [6.45, 7) is 2.18. The molecule has 0 saturated carbocycles. The molecule has 2 rings (SSSR count). The smallest absolute Gasteiger partial charge is 0.339 e. The van der Waals surface area contributed by atoms with Gasteiger partial charge in [0.05, 0.1) is 12.7 Å². The van der Waals surface area contributed by atoms with Crippen molar-refractivity contribution in [1.29, 1.82) is 5.26 Å². The number of nitrogens with zero attached hydrogens (tertiary/aromatic N) is 3. The van der Waals surface area contributed by atoms with E-state index in [1.165, 1.54) is 23.8 Å². The van der Waals surface area contributed by atoms with E-state index < -0.39 is 11.5 Å². The SMILES string of the molecule is CCc1ccc(CN(C)C(=O)Cn2cc(C(=O)OC)cc(C#N)c2=O)cc1. The van der Waals surface area contributed by atoms with E-state index in [-0.39, 0.29) is 23.6 Å². The van der Waals surface area contributed by atoms with E-state index in [0.29, 0.717) is 6.54 Å². The van der Waals surface area contributed by atoms with E-state index in [2.05, 4.69) is 11.7 Å². The summed E-state index contributed by atoms with van der Waals surface area (Å²) in [6, 6.07) is 10.8. The van der Waals surface area contributed by atoms with Crippen LogP contribution in [0.3, 0.4) is 0 Å². The monoisotopic (exact) mass is 367 g/mol. The van der Waals surface area contributed by atoms with Crippen LogP contribution in [0.2, 0.25) is 0 Å². The van der Waals surface area contributed by atoms with Crippen LogP contribution >= 0.6 is 0 Å². The second-order valence-electron chi connectivity index (χ2n) is 6.10. The highest BCUT2D eigenvalue weighted by Gasteiger charge is 2.16. The normalized spacial score (nSPS) is 10.1. The minimum absolute atomic E-state index is 0.0410. The van der Waals surface area contributed by atoms with Gasteiger partial charge in [-0.2, -0.15) is 5.26 Å². The summed E-state index contributed by atoms with van der Waals surface area (Å²) in [7, 11) is 2.84. The van der Waals surface area contributed by atoms with Crippen LogP contribution in [0.5, 0.6) is 0 Å². The number of benzene rings is 1. The van der Waals surface area contributed by atoms with Crippen LogP contribution in [-0.4, -0.2) is 35.5 Å². The fourth-order valence-electron chi connectivity index (χ4n) is 2.57. The molecule has 0 unspecified atom stereocenters. The maximum Gasteiger partial charge on any atom is 0.339 e. The zero-order valence-electron chi connectivity index (χ0n) is 15.6. The van der Waals surface area contributed by atoms with Gasteiger partial charge in [0.15, 0.2) is 0 Å². The molecular formula is C20H21N3O4. The van der Waals surface area contributed by atoms with E-state index >= 15 is 0 Å². The van der Waals surface area contributed by atoms with Gasteiger partial charge in [-0.15, -0.1) is 0 Å². The minimum Gasteiger partial charge on any atom is -0.465 e. The van der Waals surface area contributed by atoms with Crippen LogP contribution in [0.1, 0.15) is 34.0 Å². The molecule has 1 amide bonds. The standard InChI is InChI=1S/C20H21N3O4/c1-4-14-5-7-15(8-6-14)11-22(2)18(24)13-23-12-17(20(26)27-3)9-16(10-21)19(23)25/h5-9,12H,4,11,13H2,1-3H3. The van der Waals surface area contributed by atoms with Crippen molar-refractivity contribution in [3.8, 4) is 6.07 Å². The van der Waals surface area contributed by atoms with E-state index in [0.717, 1.165) is 22.6 Å². The predicted molar refractivity (Wildman–Crippen MR) is 99.1 cm³/mol. The van der Waals surface area contributed by atoms with Crippen molar-refractivity contribution in [3.63, 3.8) is 0 Å². The van der Waals surface area contributed by atoms with Gasteiger partial charge in [-0.25, -0.2) is 4.79 Å². The molecule has 27 heavy (non-hydrogen) atoms. The molecule has 7 nitrogen and oxygen atoms in total. The quantitative estimate of drug-likeness (QED) is 0.725. The molecule has 0 N–H and O–H groups in total. The van der Waals surface area contributed by atoms with Crippen molar-refractivity contribution in [2.75, 3.05) is 14.2 Å². The number of ether oxygens (including phenoxy) is 1. The molecule has 0 saturated heterocycles. The molecule has 0 atom stereocenters. The van der Waals surface area contributed by atoms with Crippen molar-refractivity contribution >= 4 is 11.9 Å². The number of pyridine rings is 1. The number of aromatic nitrogens is 1. The number of esters is 1. The van der Waals surface area contributed by atoms with Gasteiger partial charge in [-0.3, -0.25) is 9.59 Å². The summed E-state index contributed by atoms with van der Waals surface area (Å²) in [4.78, 5) is 38.0. The van der Waals surface area contributed by atoms with Crippen molar-refractivity contribution in [3.05, 3.63) is 69.1 Å². The summed E-state index contributed by atoms with van der Waals surface area (Å²) in [6.07, 6.45) is 2.17. The molecule has 2 aromatic rings. The lowest BCUT2D eigenvalue weighted by molar-refractivity contribution is -0.131. The number of likely N-dealkylation sites (N-methyl/N-ethyl adjacent to an activating group) is 1. The summed E-state index contributed by atoms with van der Waals surface area (Å²) in [5.41, 5.74) is 1.38. The molecule has 1 heterocycles. The van der Waals surface area contributed by atoms with Gasteiger partial charge in [0, 0.05) is 19.8 Å². The Bertz CT molecular complexity index is 939. The fraction of sp³-hybridized carbons (Fsp3) is 0.300. The first kappa shape index (κ1) is 19.9. The van der Waals surface area contributed by atoms with Gasteiger partial charge < -0.3 is 14.2 Å². The van der Waals surface area contributed by atoms with Gasteiger partial charge in [0.2, 0.25) is 5.91 Å². The third-order valence-corrected chi connectivity index (χ3v) is 4.21. The number of aryl methyl sites for hydroxylation is 1. The number of amides is 1. The van der Waals surface area contributed by atoms with Crippen LogP contribution in [0, 0.1) is 11.3 Å². The number of carbonyl (C=O) groups excluding carboxylic acids is 2. The third kappa shape index (κ3) is 4.82. The Labute approximate surface area is 157 Å². The van der Waals surface area contributed by atoms with E-state index in [9.17, 15) is 14.4 Å². The van der Waals surface area contributed by atoms with Crippen LogP contribution in [0.15, 0.2) is 41.3 Å². The molecule has 0 aliphatic rings. The topological polar surface area (TPSA) is 92.4 Å². The van der Waals surface area contributed by atoms with Crippen LogP contribution < -0.4 is 5.56 Å². The van der Waals surface area contributed by atoms with E-state index in [1.807, 2.05) is 24.3 Å². The average molecular weight is 367 g/mol. The lowest BCUT2D eigenvalue weighted by atomic mass is 10.1. The van der Waals surface area contributed by atoms with Crippen molar-refractivity contribution < 1.29 is 14.3 Å². The summed E-state index contributed by atoms with van der Waals surface area (Å²) in [5, 5.41) is 9.09. The number of hydrogen-bond donors (Lipinski definition) is 0. The van der Waals surface area contributed by atoms with Crippen LogP contribution in [-0.2, 0) is 29.0 Å². The van der Waals surface area contributed by atoms with Crippen molar-refractivity contribution in [2.24, 2.45) is 0 Å². The number of nitriles is 1. The molecule has 1 aromatic heterocycles. The summed E-state index contributed by atoms with van der Waals surface area (Å²) in [5.74, 6) is -1.00. The van der Waals surface area contributed by atoms with Crippen LogP contribution in [0.25, 0.3) is 0 Å². The first-order valence-electron chi connectivity index (χ1n) is 8.44. The average Bonchev–Trinajstić information content (AvgIpc) is 2.69. The summed E-state index contributed by atoms with van der Waals surface area (Å²) >= 11 is 0. The Morgan fingerprint density at radius 3 is 2.41 bits per heavy atom.